The quantitative estimate of drug-likeness (QED) is 0.601. The number of alkyl halides is 3. The molecule has 0 spiro atoms. The predicted molar refractivity (Wildman–Crippen MR) is 64.1 cm³/mol. The van der Waals surface area contributed by atoms with Crippen LogP contribution in [-0.4, -0.2) is 0 Å². The van der Waals surface area contributed by atoms with Gasteiger partial charge in [-0.2, -0.15) is 13.2 Å². The van der Waals surface area contributed by atoms with Crippen LogP contribution in [0.15, 0.2) is 36.4 Å². The van der Waals surface area contributed by atoms with Crippen LogP contribution in [0, 0.1) is 0 Å². The van der Waals surface area contributed by atoms with Crippen molar-refractivity contribution in [2.24, 2.45) is 0 Å². The molecule has 0 aliphatic heterocycles. The van der Waals surface area contributed by atoms with Crippen molar-refractivity contribution in [3.05, 3.63) is 53.1 Å². The molecule has 0 aromatic heterocycles. The van der Waals surface area contributed by atoms with Crippen molar-refractivity contribution in [3.63, 3.8) is 0 Å². The second kappa shape index (κ2) is 3.51. The van der Waals surface area contributed by atoms with Crippen molar-refractivity contribution in [1.82, 2.24) is 0 Å². The Balaban J connectivity index is 2.22. The maximum Gasteiger partial charge on any atom is 0.418 e. The van der Waals surface area contributed by atoms with E-state index >= 15 is 0 Å². The van der Waals surface area contributed by atoms with Crippen LogP contribution in [0.5, 0.6) is 0 Å². The molecule has 0 heterocycles. The minimum atomic E-state index is -4.39. The molecule has 4 heteroatoms. The van der Waals surface area contributed by atoms with Gasteiger partial charge in [-0.1, -0.05) is 30.3 Å². The van der Waals surface area contributed by atoms with Gasteiger partial charge < -0.3 is 5.73 Å². The molecule has 0 radical (unpaired) electrons. The molecule has 92 valence electrons. The number of benzene rings is 2. The van der Waals surface area contributed by atoms with Gasteiger partial charge in [0.2, 0.25) is 0 Å². The van der Waals surface area contributed by atoms with E-state index in [4.69, 9.17) is 5.73 Å². The minimum absolute atomic E-state index is 0.142. The van der Waals surface area contributed by atoms with E-state index in [9.17, 15) is 13.2 Å². The Kier molecular flexibility index (Phi) is 2.17. The number of anilines is 1. The topological polar surface area (TPSA) is 26.0 Å². The summed E-state index contributed by atoms with van der Waals surface area (Å²) >= 11 is 0. The van der Waals surface area contributed by atoms with Gasteiger partial charge in [-0.15, -0.1) is 0 Å². The van der Waals surface area contributed by atoms with E-state index in [0.717, 1.165) is 22.8 Å². The van der Waals surface area contributed by atoms with Crippen molar-refractivity contribution in [2.45, 2.75) is 12.6 Å². The Hall–Kier alpha value is -1.97. The summed E-state index contributed by atoms with van der Waals surface area (Å²) in [5.41, 5.74) is 8.21. The number of fused-ring (bicyclic) bond motifs is 3. The van der Waals surface area contributed by atoms with Crippen molar-refractivity contribution in [1.29, 1.82) is 0 Å². The molecule has 0 saturated heterocycles. The first-order valence-electron chi connectivity index (χ1n) is 5.55. The molecule has 1 aliphatic carbocycles. The second-order valence-corrected chi connectivity index (χ2v) is 4.38. The molecule has 2 aromatic carbocycles. The molecule has 0 fully saturated rings. The highest BCUT2D eigenvalue weighted by Crippen LogP contribution is 2.44. The Morgan fingerprint density at radius 3 is 2.39 bits per heavy atom. The van der Waals surface area contributed by atoms with E-state index in [-0.39, 0.29) is 5.69 Å². The van der Waals surface area contributed by atoms with Gasteiger partial charge in [-0.25, -0.2) is 0 Å². The van der Waals surface area contributed by atoms with Gasteiger partial charge in [0, 0.05) is 12.1 Å². The Morgan fingerprint density at radius 2 is 1.67 bits per heavy atom. The normalized spacial score (nSPS) is 13.3. The number of rotatable bonds is 0. The maximum atomic E-state index is 12.8. The zero-order chi connectivity index (χ0) is 12.9. The van der Waals surface area contributed by atoms with E-state index in [1.165, 1.54) is 6.07 Å². The highest BCUT2D eigenvalue weighted by Gasteiger charge is 2.35. The summed E-state index contributed by atoms with van der Waals surface area (Å²) in [7, 11) is 0. The summed E-state index contributed by atoms with van der Waals surface area (Å²) in [5.74, 6) is 0. The zero-order valence-electron chi connectivity index (χ0n) is 9.38. The number of hydrogen-bond donors (Lipinski definition) is 1. The molecule has 0 bridgehead atoms. The zero-order valence-corrected chi connectivity index (χ0v) is 9.38. The predicted octanol–water partition coefficient (Wildman–Crippen LogP) is 3.86. The lowest BCUT2D eigenvalue weighted by atomic mass is 10.0. The smallest absolute Gasteiger partial charge is 0.398 e. The summed E-state index contributed by atoms with van der Waals surface area (Å²) in [4.78, 5) is 0. The Labute approximate surface area is 102 Å². The van der Waals surface area contributed by atoms with Crippen LogP contribution >= 0.6 is 0 Å². The molecule has 3 rings (SSSR count). The van der Waals surface area contributed by atoms with Crippen LogP contribution in [0.2, 0.25) is 0 Å². The number of nitrogen functional groups attached to an aromatic ring is 1. The molecule has 0 unspecified atom stereocenters. The third-order valence-corrected chi connectivity index (χ3v) is 3.34. The lowest BCUT2D eigenvalue weighted by Gasteiger charge is -2.13. The van der Waals surface area contributed by atoms with Crippen LogP contribution in [0.1, 0.15) is 16.7 Å². The van der Waals surface area contributed by atoms with Gasteiger partial charge in [0.25, 0.3) is 0 Å². The first-order chi connectivity index (χ1) is 8.48. The fourth-order valence-electron chi connectivity index (χ4n) is 2.48. The Morgan fingerprint density at radius 1 is 0.944 bits per heavy atom. The summed E-state index contributed by atoms with van der Waals surface area (Å²) in [6.07, 6.45) is -3.92. The molecule has 1 nitrogen and oxygen atoms in total. The van der Waals surface area contributed by atoms with Crippen LogP contribution in [0.4, 0.5) is 18.9 Å². The molecular weight excluding hydrogens is 239 g/mol. The lowest BCUT2D eigenvalue weighted by molar-refractivity contribution is -0.136. The van der Waals surface area contributed by atoms with E-state index < -0.39 is 11.7 Å². The van der Waals surface area contributed by atoms with E-state index in [1.54, 1.807) is 0 Å². The fraction of sp³-hybridized carbons (Fsp3) is 0.143. The standard InChI is InChI=1S/C14H10F3N/c15-14(16,17)12-6-5-10-9-4-2-1-3-8(9)7-11(10)13(12)18/h1-6H,7,18H2. The molecule has 18 heavy (non-hydrogen) atoms. The van der Waals surface area contributed by atoms with Gasteiger partial charge in [-0.05, 0) is 28.3 Å². The van der Waals surface area contributed by atoms with Crippen LogP contribution < -0.4 is 5.73 Å². The lowest BCUT2D eigenvalue weighted by Crippen LogP contribution is -2.10. The van der Waals surface area contributed by atoms with Gasteiger partial charge in [0.05, 0.1) is 5.56 Å². The van der Waals surface area contributed by atoms with E-state index in [1.807, 2.05) is 24.3 Å². The summed E-state index contributed by atoms with van der Waals surface area (Å²) < 4.78 is 38.3. The summed E-state index contributed by atoms with van der Waals surface area (Å²) in [6, 6.07) is 10.2. The van der Waals surface area contributed by atoms with Crippen molar-refractivity contribution in [3.8, 4) is 11.1 Å². The first-order valence-corrected chi connectivity index (χ1v) is 5.55. The van der Waals surface area contributed by atoms with Crippen LogP contribution in [-0.2, 0) is 12.6 Å². The molecule has 0 amide bonds. The third kappa shape index (κ3) is 1.49. The third-order valence-electron chi connectivity index (χ3n) is 3.34. The van der Waals surface area contributed by atoms with Gasteiger partial charge >= 0.3 is 6.18 Å². The van der Waals surface area contributed by atoms with E-state index in [2.05, 4.69) is 0 Å². The molecule has 0 saturated carbocycles. The highest BCUT2D eigenvalue weighted by atomic mass is 19.4. The Bertz CT molecular complexity index is 629. The van der Waals surface area contributed by atoms with E-state index in [0.29, 0.717) is 12.0 Å². The number of hydrogen-bond acceptors (Lipinski definition) is 1. The molecule has 2 N–H and O–H groups in total. The minimum Gasteiger partial charge on any atom is -0.398 e. The molecule has 2 aromatic rings. The molecule has 0 atom stereocenters. The van der Waals surface area contributed by atoms with Crippen LogP contribution in [0.25, 0.3) is 11.1 Å². The number of halogens is 3. The number of nitrogens with two attached hydrogens (primary N) is 1. The van der Waals surface area contributed by atoms with Crippen LogP contribution in [0.3, 0.4) is 0 Å². The van der Waals surface area contributed by atoms with Gasteiger partial charge in [-0.3, -0.25) is 0 Å². The largest absolute Gasteiger partial charge is 0.418 e. The monoisotopic (exact) mass is 249 g/mol. The van der Waals surface area contributed by atoms with Crippen molar-refractivity contribution >= 4 is 5.69 Å². The SMILES string of the molecule is Nc1c(C(F)(F)F)ccc2c1Cc1ccccc1-2. The van der Waals surface area contributed by atoms with Gasteiger partial charge in [0.15, 0.2) is 0 Å². The molecular formula is C14H10F3N. The fourth-order valence-corrected chi connectivity index (χ4v) is 2.48. The average Bonchev–Trinajstić information content (AvgIpc) is 2.68. The average molecular weight is 249 g/mol. The van der Waals surface area contributed by atoms with Crippen molar-refractivity contribution in [2.75, 3.05) is 5.73 Å². The van der Waals surface area contributed by atoms with Gasteiger partial charge in [0.1, 0.15) is 0 Å². The maximum absolute atomic E-state index is 12.8. The highest BCUT2D eigenvalue weighted by molar-refractivity contribution is 5.82. The summed E-state index contributed by atoms with van der Waals surface area (Å²) in [6.45, 7) is 0. The second-order valence-electron chi connectivity index (χ2n) is 4.38. The summed E-state index contributed by atoms with van der Waals surface area (Å²) in [5, 5.41) is 0. The molecule has 1 aliphatic rings. The van der Waals surface area contributed by atoms with Crippen molar-refractivity contribution < 1.29 is 13.2 Å². The first kappa shape index (κ1) is 11.1.